The number of ether oxygens (including phenoxy) is 2. The Morgan fingerprint density at radius 1 is 1.21 bits per heavy atom. The molecule has 2 aromatic rings. The summed E-state index contributed by atoms with van der Waals surface area (Å²) in [5.74, 6) is -0.202. The van der Waals surface area contributed by atoms with Crippen LogP contribution in [0.1, 0.15) is 33.6 Å². The van der Waals surface area contributed by atoms with Crippen molar-refractivity contribution in [3.05, 3.63) is 44.7 Å². The van der Waals surface area contributed by atoms with E-state index < -0.39 is 5.97 Å². The lowest BCUT2D eigenvalue weighted by Crippen LogP contribution is -2.37. The van der Waals surface area contributed by atoms with Gasteiger partial charge in [0.05, 0.1) is 12.7 Å². The van der Waals surface area contributed by atoms with Gasteiger partial charge >= 0.3 is 5.97 Å². The van der Waals surface area contributed by atoms with Gasteiger partial charge in [0.2, 0.25) is 0 Å². The van der Waals surface area contributed by atoms with Crippen molar-refractivity contribution < 1.29 is 19.1 Å². The number of halogens is 1. The molecule has 6 nitrogen and oxygen atoms in total. The van der Waals surface area contributed by atoms with Crippen LogP contribution in [-0.2, 0) is 22.4 Å². The van der Waals surface area contributed by atoms with Crippen LogP contribution in [0.4, 0.5) is 5.00 Å². The fourth-order valence-electron chi connectivity index (χ4n) is 2.95. The number of amides is 1. The summed E-state index contributed by atoms with van der Waals surface area (Å²) in [5.41, 5.74) is 1.54. The maximum absolute atomic E-state index is 12.2. The second kappa shape index (κ2) is 9.49. The van der Waals surface area contributed by atoms with E-state index in [1.54, 1.807) is 12.1 Å². The molecule has 1 aromatic heterocycles. The Bertz CT molecular complexity index is 896. The van der Waals surface area contributed by atoms with Crippen LogP contribution in [0.25, 0.3) is 0 Å². The Kier molecular flexibility index (Phi) is 7.03. The normalized spacial score (nSPS) is 12.6. The van der Waals surface area contributed by atoms with Gasteiger partial charge in [-0.15, -0.1) is 11.3 Å². The summed E-state index contributed by atoms with van der Waals surface area (Å²) in [5, 5.41) is 6.28. The smallest absolute Gasteiger partial charge is 0.341 e. The number of fused-ring (bicyclic) bond motifs is 1. The summed E-state index contributed by atoms with van der Waals surface area (Å²) in [4.78, 5) is 25.5. The summed E-state index contributed by atoms with van der Waals surface area (Å²) in [6.45, 7) is -0.172. The van der Waals surface area contributed by atoms with Gasteiger partial charge < -0.3 is 14.8 Å². The van der Waals surface area contributed by atoms with Gasteiger partial charge in [0.25, 0.3) is 5.91 Å². The Balaban J connectivity index is 1.61. The highest BCUT2D eigenvalue weighted by atomic mass is 79.9. The number of thiophene rings is 1. The molecule has 1 aromatic carbocycles. The maximum atomic E-state index is 12.2. The summed E-state index contributed by atoms with van der Waals surface area (Å²) in [6.07, 6.45) is 3.92. The highest BCUT2D eigenvalue weighted by Crippen LogP contribution is 2.38. The number of benzene rings is 1. The third-order valence-electron chi connectivity index (χ3n) is 4.22. The van der Waals surface area contributed by atoms with Crippen molar-refractivity contribution in [2.24, 2.45) is 0 Å². The zero-order chi connectivity index (χ0) is 20.1. The minimum absolute atomic E-state index is 0.119. The third-order valence-corrected chi connectivity index (χ3v) is 6.16. The minimum Gasteiger partial charge on any atom is -0.484 e. The lowest BCUT2D eigenvalue weighted by molar-refractivity contribution is -0.121. The molecule has 1 heterocycles. The molecule has 0 saturated carbocycles. The number of rotatable bonds is 5. The van der Waals surface area contributed by atoms with E-state index in [1.165, 1.54) is 23.3 Å². The van der Waals surface area contributed by atoms with Gasteiger partial charge in [-0.25, -0.2) is 4.79 Å². The molecule has 1 amide bonds. The van der Waals surface area contributed by atoms with E-state index in [0.717, 1.165) is 35.7 Å². The average Bonchev–Trinajstić information content (AvgIpc) is 3.04. The number of methoxy groups -OCH3 is 1. The molecule has 0 fully saturated rings. The molecule has 1 aliphatic carbocycles. The molecular weight excluding hydrogens is 464 g/mol. The Morgan fingerprint density at radius 2 is 1.93 bits per heavy atom. The number of hydrogen-bond donors (Lipinski definition) is 2. The Labute approximate surface area is 180 Å². The predicted octanol–water partition coefficient (Wildman–Crippen LogP) is 4.07. The fourth-order valence-corrected chi connectivity index (χ4v) is 4.78. The van der Waals surface area contributed by atoms with E-state index in [2.05, 4.69) is 26.6 Å². The summed E-state index contributed by atoms with van der Waals surface area (Å²) < 4.78 is 11.3. The summed E-state index contributed by atoms with van der Waals surface area (Å²) in [7, 11) is 1.36. The molecule has 2 N–H and O–H groups in total. The first-order valence-corrected chi connectivity index (χ1v) is 10.7. The van der Waals surface area contributed by atoms with Crippen LogP contribution in [-0.4, -0.2) is 30.7 Å². The highest BCUT2D eigenvalue weighted by Gasteiger charge is 2.26. The first-order valence-electron chi connectivity index (χ1n) is 8.70. The summed E-state index contributed by atoms with van der Waals surface area (Å²) >= 11 is 10.1. The summed E-state index contributed by atoms with van der Waals surface area (Å²) in [6, 6.07) is 7.16. The molecule has 0 atom stereocenters. The number of thiocarbonyl (C=S) groups is 1. The molecule has 0 radical (unpaired) electrons. The standard InChI is InChI=1S/C19H19BrN2O4S2/c1-25-18(24)16-13-4-2-3-5-14(13)28-17(16)22-19(27)21-15(23)10-26-12-8-6-11(20)7-9-12/h6-9H,2-5,10H2,1H3,(H2,21,22,23,27). The van der Waals surface area contributed by atoms with E-state index >= 15 is 0 Å². The molecule has 0 unspecified atom stereocenters. The van der Waals surface area contributed by atoms with Gasteiger partial charge in [0, 0.05) is 9.35 Å². The zero-order valence-electron chi connectivity index (χ0n) is 15.2. The number of carbonyl (C=O) groups excluding carboxylic acids is 2. The van der Waals surface area contributed by atoms with Crippen LogP contribution in [0.3, 0.4) is 0 Å². The van der Waals surface area contributed by atoms with Crippen molar-refractivity contribution in [1.82, 2.24) is 5.32 Å². The molecule has 148 valence electrons. The molecule has 1 aliphatic rings. The molecule has 28 heavy (non-hydrogen) atoms. The number of carbonyl (C=O) groups is 2. The molecule has 0 saturated heterocycles. The molecule has 3 rings (SSSR count). The van der Waals surface area contributed by atoms with Crippen LogP contribution < -0.4 is 15.4 Å². The number of nitrogens with one attached hydrogen (secondary N) is 2. The third kappa shape index (κ3) is 5.09. The van der Waals surface area contributed by atoms with E-state index in [-0.39, 0.29) is 17.6 Å². The molecule has 0 bridgehead atoms. The largest absolute Gasteiger partial charge is 0.484 e. The van der Waals surface area contributed by atoms with Crippen molar-refractivity contribution in [3.63, 3.8) is 0 Å². The van der Waals surface area contributed by atoms with E-state index in [9.17, 15) is 9.59 Å². The SMILES string of the molecule is COC(=O)c1c(NC(=S)NC(=O)COc2ccc(Br)cc2)sc2c1CCCC2. The number of aryl methyl sites for hydroxylation is 1. The van der Waals surface area contributed by atoms with Gasteiger partial charge in [-0.3, -0.25) is 10.1 Å². The number of hydrogen-bond acceptors (Lipinski definition) is 6. The quantitative estimate of drug-likeness (QED) is 0.494. The van der Waals surface area contributed by atoms with Gasteiger partial charge in [-0.2, -0.15) is 0 Å². The van der Waals surface area contributed by atoms with Crippen molar-refractivity contribution >= 4 is 61.5 Å². The number of esters is 1. The van der Waals surface area contributed by atoms with E-state index in [0.29, 0.717) is 16.3 Å². The van der Waals surface area contributed by atoms with Crippen LogP contribution in [0, 0.1) is 0 Å². The minimum atomic E-state index is -0.394. The lowest BCUT2D eigenvalue weighted by atomic mass is 9.95. The molecule has 0 aliphatic heterocycles. The van der Waals surface area contributed by atoms with Gasteiger partial charge in [-0.1, -0.05) is 15.9 Å². The fraction of sp³-hybridized carbons (Fsp3) is 0.316. The second-order valence-corrected chi connectivity index (χ2v) is 8.58. The molecule has 0 spiro atoms. The van der Waals surface area contributed by atoms with Gasteiger partial charge in [0.1, 0.15) is 10.8 Å². The van der Waals surface area contributed by atoms with Crippen LogP contribution in [0.2, 0.25) is 0 Å². The van der Waals surface area contributed by atoms with Crippen molar-refractivity contribution in [3.8, 4) is 5.75 Å². The highest BCUT2D eigenvalue weighted by molar-refractivity contribution is 9.10. The van der Waals surface area contributed by atoms with Crippen LogP contribution in [0.15, 0.2) is 28.7 Å². The maximum Gasteiger partial charge on any atom is 0.341 e. The van der Waals surface area contributed by atoms with Crippen molar-refractivity contribution in [2.75, 3.05) is 19.0 Å². The van der Waals surface area contributed by atoms with Gasteiger partial charge in [-0.05, 0) is 67.7 Å². The number of anilines is 1. The second-order valence-electron chi connectivity index (χ2n) is 6.15. The van der Waals surface area contributed by atoms with Crippen LogP contribution in [0.5, 0.6) is 5.75 Å². The van der Waals surface area contributed by atoms with E-state index in [4.69, 9.17) is 21.7 Å². The monoisotopic (exact) mass is 482 g/mol. The van der Waals surface area contributed by atoms with Crippen molar-refractivity contribution in [1.29, 1.82) is 0 Å². The zero-order valence-corrected chi connectivity index (χ0v) is 18.4. The molecular formula is C19H19BrN2O4S2. The topological polar surface area (TPSA) is 76.7 Å². The first-order chi connectivity index (χ1) is 13.5. The Morgan fingerprint density at radius 3 is 2.64 bits per heavy atom. The Hall–Kier alpha value is -1.97. The van der Waals surface area contributed by atoms with Gasteiger partial charge in [0.15, 0.2) is 11.7 Å². The van der Waals surface area contributed by atoms with E-state index in [1.807, 2.05) is 12.1 Å². The first kappa shape index (κ1) is 20.8. The molecule has 9 heteroatoms. The lowest BCUT2D eigenvalue weighted by Gasteiger charge is -2.12. The average molecular weight is 483 g/mol. The van der Waals surface area contributed by atoms with Crippen molar-refractivity contribution in [2.45, 2.75) is 25.7 Å². The predicted molar refractivity (Wildman–Crippen MR) is 116 cm³/mol. The van der Waals surface area contributed by atoms with Crippen LogP contribution >= 0.6 is 39.5 Å².